The van der Waals surface area contributed by atoms with E-state index in [0.717, 1.165) is 5.56 Å². The van der Waals surface area contributed by atoms with Crippen LogP contribution in [0.1, 0.15) is 12.5 Å². The highest BCUT2D eigenvalue weighted by molar-refractivity contribution is 6.42. The average Bonchev–Trinajstić information content (AvgIpc) is 2.50. The lowest BCUT2D eigenvalue weighted by Crippen LogP contribution is -2.27. The van der Waals surface area contributed by atoms with E-state index in [1.54, 1.807) is 36.4 Å². The number of rotatable bonds is 3. The third kappa shape index (κ3) is 4.63. The second-order valence-corrected chi connectivity index (χ2v) is 5.66. The predicted octanol–water partition coefficient (Wildman–Crippen LogP) is 4.61. The number of hydrogen-bond acceptors (Lipinski definition) is 2. The van der Waals surface area contributed by atoms with Crippen LogP contribution >= 0.6 is 34.8 Å². The summed E-state index contributed by atoms with van der Waals surface area (Å²) in [5.41, 5.74) is 10.7. The summed E-state index contributed by atoms with van der Waals surface area (Å²) in [6.45, 7) is 1.82. The van der Waals surface area contributed by atoms with Crippen molar-refractivity contribution in [3.63, 3.8) is 0 Å². The van der Waals surface area contributed by atoms with Gasteiger partial charge in [0.2, 0.25) is 5.96 Å². The maximum atomic E-state index is 5.97. The maximum Gasteiger partial charge on any atom is 0.214 e. The van der Waals surface area contributed by atoms with E-state index >= 15 is 0 Å². The normalized spacial score (nSPS) is 12.4. The van der Waals surface area contributed by atoms with Crippen molar-refractivity contribution in [1.82, 2.24) is 5.43 Å². The molecule has 0 unspecified atom stereocenters. The highest BCUT2D eigenvalue weighted by Gasteiger charge is 2.02. The van der Waals surface area contributed by atoms with Gasteiger partial charge in [0.1, 0.15) is 0 Å². The summed E-state index contributed by atoms with van der Waals surface area (Å²) >= 11 is 17.7. The topological polar surface area (TPSA) is 62.8 Å². The van der Waals surface area contributed by atoms with E-state index < -0.39 is 0 Å². The standard InChI is InChI=1S/C15H13Cl3N4/c1-9(10-2-7-13(17)14(18)8-10)21-22-15(19)20-12-5-3-11(16)4-6-12/h2-8H,1H3,(H3,19,20,22). The summed E-state index contributed by atoms with van der Waals surface area (Å²) in [5.74, 6) is 0.168. The van der Waals surface area contributed by atoms with Crippen LogP contribution in [0, 0.1) is 0 Å². The SMILES string of the molecule is CC(=NNC(N)=Nc1ccc(Cl)cc1)c1ccc(Cl)c(Cl)c1. The fourth-order valence-corrected chi connectivity index (χ4v) is 2.03. The summed E-state index contributed by atoms with van der Waals surface area (Å²) in [6.07, 6.45) is 0. The van der Waals surface area contributed by atoms with Crippen molar-refractivity contribution in [2.75, 3.05) is 0 Å². The number of halogens is 3. The Morgan fingerprint density at radius 3 is 2.32 bits per heavy atom. The fourth-order valence-electron chi connectivity index (χ4n) is 1.61. The van der Waals surface area contributed by atoms with Crippen LogP contribution in [-0.2, 0) is 0 Å². The van der Waals surface area contributed by atoms with Gasteiger partial charge < -0.3 is 5.73 Å². The first-order valence-electron chi connectivity index (χ1n) is 6.31. The summed E-state index contributed by atoms with van der Waals surface area (Å²) in [4.78, 5) is 4.17. The van der Waals surface area contributed by atoms with Gasteiger partial charge in [0, 0.05) is 5.02 Å². The molecule has 114 valence electrons. The van der Waals surface area contributed by atoms with Crippen molar-refractivity contribution in [2.45, 2.75) is 6.92 Å². The number of aliphatic imine (C=N–C) groups is 1. The van der Waals surface area contributed by atoms with E-state index in [1.807, 2.05) is 13.0 Å². The minimum absolute atomic E-state index is 0.168. The summed E-state index contributed by atoms with van der Waals surface area (Å²) in [7, 11) is 0. The fraction of sp³-hybridized carbons (Fsp3) is 0.0667. The van der Waals surface area contributed by atoms with Gasteiger partial charge in [0.05, 0.1) is 21.4 Å². The van der Waals surface area contributed by atoms with Gasteiger partial charge >= 0.3 is 0 Å². The molecule has 2 aromatic carbocycles. The third-order valence-corrected chi connectivity index (χ3v) is 3.74. The van der Waals surface area contributed by atoms with Crippen LogP contribution in [0.2, 0.25) is 15.1 Å². The summed E-state index contributed by atoms with van der Waals surface area (Å²) in [6, 6.07) is 12.2. The summed E-state index contributed by atoms with van der Waals surface area (Å²) in [5, 5.41) is 5.76. The van der Waals surface area contributed by atoms with Crippen LogP contribution in [0.4, 0.5) is 5.69 Å². The molecule has 0 atom stereocenters. The molecule has 0 aliphatic heterocycles. The molecule has 0 bridgehead atoms. The quantitative estimate of drug-likeness (QED) is 0.480. The molecule has 0 aromatic heterocycles. The zero-order valence-electron chi connectivity index (χ0n) is 11.6. The predicted molar refractivity (Wildman–Crippen MR) is 94.5 cm³/mol. The molecule has 22 heavy (non-hydrogen) atoms. The Kier molecular flexibility index (Phi) is 5.66. The largest absolute Gasteiger partial charge is 0.368 e. The number of nitrogens with zero attached hydrogens (tertiary/aromatic N) is 2. The van der Waals surface area contributed by atoms with Gasteiger partial charge in [-0.1, -0.05) is 40.9 Å². The minimum atomic E-state index is 0.168. The molecule has 0 heterocycles. The third-order valence-electron chi connectivity index (χ3n) is 2.75. The molecule has 2 aromatic rings. The number of hydrazone groups is 1. The van der Waals surface area contributed by atoms with Gasteiger partial charge in [-0.25, -0.2) is 10.4 Å². The molecule has 3 N–H and O–H groups in total. The summed E-state index contributed by atoms with van der Waals surface area (Å²) < 4.78 is 0. The molecule has 2 rings (SSSR count). The van der Waals surface area contributed by atoms with E-state index in [9.17, 15) is 0 Å². The Labute approximate surface area is 143 Å². The van der Waals surface area contributed by atoms with Crippen LogP contribution in [0.5, 0.6) is 0 Å². The Morgan fingerprint density at radius 1 is 1.00 bits per heavy atom. The molecule has 0 saturated heterocycles. The number of guanidine groups is 1. The van der Waals surface area contributed by atoms with Crippen molar-refractivity contribution >= 4 is 52.2 Å². The molecular weight excluding hydrogens is 343 g/mol. The lowest BCUT2D eigenvalue weighted by atomic mass is 10.1. The number of nitrogens with two attached hydrogens (primary N) is 1. The van der Waals surface area contributed by atoms with E-state index in [2.05, 4.69) is 15.5 Å². The molecule has 0 aliphatic rings. The number of benzene rings is 2. The van der Waals surface area contributed by atoms with Crippen molar-refractivity contribution in [1.29, 1.82) is 0 Å². The lowest BCUT2D eigenvalue weighted by Gasteiger charge is -2.04. The average molecular weight is 356 g/mol. The van der Waals surface area contributed by atoms with Gasteiger partial charge in [-0.3, -0.25) is 0 Å². The van der Waals surface area contributed by atoms with E-state index in [-0.39, 0.29) is 5.96 Å². The van der Waals surface area contributed by atoms with Gasteiger partial charge in [0.15, 0.2) is 0 Å². The molecule has 7 heteroatoms. The Hall–Kier alpha value is -1.75. The highest BCUT2D eigenvalue weighted by atomic mass is 35.5. The Bertz CT molecular complexity index is 724. The van der Waals surface area contributed by atoms with Crippen LogP contribution in [0.3, 0.4) is 0 Å². The first kappa shape index (κ1) is 16.6. The molecular formula is C15H13Cl3N4. The van der Waals surface area contributed by atoms with Gasteiger partial charge in [-0.2, -0.15) is 5.10 Å². The van der Waals surface area contributed by atoms with E-state index in [1.165, 1.54) is 0 Å². The first-order chi connectivity index (χ1) is 10.5. The number of nitrogens with one attached hydrogen (secondary N) is 1. The number of hydrogen-bond donors (Lipinski definition) is 2. The van der Waals surface area contributed by atoms with Gasteiger partial charge in [0.25, 0.3) is 0 Å². The molecule has 0 aliphatic carbocycles. The van der Waals surface area contributed by atoms with Gasteiger partial charge in [-0.15, -0.1) is 0 Å². The maximum absolute atomic E-state index is 5.97. The monoisotopic (exact) mass is 354 g/mol. The second kappa shape index (κ2) is 7.49. The van der Waals surface area contributed by atoms with Crippen molar-refractivity contribution in [2.24, 2.45) is 15.8 Å². The molecule has 4 nitrogen and oxygen atoms in total. The van der Waals surface area contributed by atoms with Crippen molar-refractivity contribution in [3.8, 4) is 0 Å². The Morgan fingerprint density at radius 2 is 1.68 bits per heavy atom. The van der Waals surface area contributed by atoms with Crippen LogP contribution in [0.25, 0.3) is 0 Å². The zero-order valence-corrected chi connectivity index (χ0v) is 13.9. The minimum Gasteiger partial charge on any atom is -0.368 e. The smallest absolute Gasteiger partial charge is 0.214 e. The van der Waals surface area contributed by atoms with Crippen LogP contribution in [-0.4, -0.2) is 11.7 Å². The Balaban J connectivity index is 2.09. The van der Waals surface area contributed by atoms with Crippen molar-refractivity contribution < 1.29 is 0 Å². The lowest BCUT2D eigenvalue weighted by molar-refractivity contribution is 1.00. The van der Waals surface area contributed by atoms with E-state index in [0.29, 0.717) is 26.5 Å². The molecule has 0 spiro atoms. The molecule has 0 fully saturated rings. The molecule has 0 amide bonds. The first-order valence-corrected chi connectivity index (χ1v) is 7.44. The second-order valence-electron chi connectivity index (χ2n) is 4.41. The van der Waals surface area contributed by atoms with Crippen molar-refractivity contribution in [3.05, 3.63) is 63.1 Å². The van der Waals surface area contributed by atoms with Gasteiger partial charge in [-0.05, 0) is 48.9 Å². The molecule has 0 saturated carbocycles. The van der Waals surface area contributed by atoms with Crippen LogP contribution in [0.15, 0.2) is 52.6 Å². The zero-order chi connectivity index (χ0) is 16.1. The van der Waals surface area contributed by atoms with Crippen LogP contribution < -0.4 is 11.2 Å². The highest BCUT2D eigenvalue weighted by Crippen LogP contribution is 2.22. The van der Waals surface area contributed by atoms with E-state index in [4.69, 9.17) is 40.5 Å². The molecule has 0 radical (unpaired) electrons.